The SMILES string of the molecule is CCNC=COCc1ccc(C)cc1. The molecule has 0 radical (unpaired) electrons. The van der Waals surface area contributed by atoms with Gasteiger partial charge in [-0.05, 0) is 19.4 Å². The quantitative estimate of drug-likeness (QED) is 0.722. The smallest absolute Gasteiger partial charge is 0.112 e. The van der Waals surface area contributed by atoms with Crippen LogP contribution in [0.15, 0.2) is 36.7 Å². The summed E-state index contributed by atoms with van der Waals surface area (Å²) < 4.78 is 5.32. The Hall–Kier alpha value is -1.44. The van der Waals surface area contributed by atoms with Crippen LogP contribution in [0.2, 0.25) is 0 Å². The highest BCUT2D eigenvalue weighted by Gasteiger charge is 1.89. The number of aryl methyl sites for hydroxylation is 1. The third kappa shape index (κ3) is 3.99. The van der Waals surface area contributed by atoms with E-state index >= 15 is 0 Å². The average molecular weight is 191 g/mol. The number of hydrogen-bond acceptors (Lipinski definition) is 2. The van der Waals surface area contributed by atoms with Crippen molar-refractivity contribution in [3.8, 4) is 0 Å². The molecule has 0 fully saturated rings. The number of ether oxygens (including phenoxy) is 1. The molecule has 0 unspecified atom stereocenters. The molecule has 76 valence electrons. The summed E-state index contributed by atoms with van der Waals surface area (Å²) in [4.78, 5) is 0. The third-order valence-corrected chi connectivity index (χ3v) is 1.86. The van der Waals surface area contributed by atoms with Gasteiger partial charge in [0.15, 0.2) is 0 Å². The van der Waals surface area contributed by atoms with E-state index in [0.29, 0.717) is 6.61 Å². The Labute approximate surface area is 85.6 Å². The summed E-state index contributed by atoms with van der Waals surface area (Å²) in [6.45, 7) is 5.67. The maximum atomic E-state index is 5.32. The molecule has 1 aromatic rings. The van der Waals surface area contributed by atoms with Crippen LogP contribution in [0.1, 0.15) is 18.1 Å². The van der Waals surface area contributed by atoms with Crippen molar-refractivity contribution in [3.63, 3.8) is 0 Å². The van der Waals surface area contributed by atoms with Gasteiger partial charge < -0.3 is 10.1 Å². The Balaban J connectivity index is 2.28. The molecule has 2 heteroatoms. The van der Waals surface area contributed by atoms with Crippen molar-refractivity contribution in [1.82, 2.24) is 5.32 Å². The van der Waals surface area contributed by atoms with Crippen LogP contribution < -0.4 is 5.32 Å². The molecule has 0 heterocycles. The van der Waals surface area contributed by atoms with E-state index in [1.807, 2.05) is 13.1 Å². The van der Waals surface area contributed by atoms with E-state index in [-0.39, 0.29) is 0 Å². The maximum absolute atomic E-state index is 5.32. The van der Waals surface area contributed by atoms with E-state index in [9.17, 15) is 0 Å². The maximum Gasteiger partial charge on any atom is 0.112 e. The topological polar surface area (TPSA) is 21.3 Å². The Bertz CT molecular complexity index is 277. The van der Waals surface area contributed by atoms with Gasteiger partial charge in [0.2, 0.25) is 0 Å². The second-order valence-corrected chi connectivity index (χ2v) is 3.16. The van der Waals surface area contributed by atoms with Crippen LogP contribution in [0.3, 0.4) is 0 Å². The van der Waals surface area contributed by atoms with Gasteiger partial charge in [-0.15, -0.1) is 0 Å². The van der Waals surface area contributed by atoms with Gasteiger partial charge in [0.1, 0.15) is 6.61 Å². The summed E-state index contributed by atoms with van der Waals surface area (Å²) in [5.74, 6) is 0. The lowest BCUT2D eigenvalue weighted by Crippen LogP contribution is -2.01. The van der Waals surface area contributed by atoms with Gasteiger partial charge in [0.25, 0.3) is 0 Å². The van der Waals surface area contributed by atoms with E-state index in [4.69, 9.17) is 4.74 Å². The Morgan fingerprint density at radius 1 is 1.29 bits per heavy atom. The first-order valence-corrected chi connectivity index (χ1v) is 4.88. The van der Waals surface area contributed by atoms with E-state index in [0.717, 1.165) is 6.54 Å². The normalized spacial score (nSPS) is 10.4. The minimum atomic E-state index is 0.627. The van der Waals surface area contributed by atoms with Gasteiger partial charge in [0, 0.05) is 12.7 Å². The van der Waals surface area contributed by atoms with Crippen molar-refractivity contribution in [2.45, 2.75) is 20.5 Å². The molecule has 1 rings (SSSR count). The highest BCUT2D eigenvalue weighted by Crippen LogP contribution is 2.04. The van der Waals surface area contributed by atoms with E-state index in [2.05, 4.69) is 36.5 Å². The third-order valence-electron chi connectivity index (χ3n) is 1.86. The molecule has 1 N–H and O–H groups in total. The standard InChI is InChI=1S/C12H17NO/c1-3-13-8-9-14-10-12-6-4-11(2)5-7-12/h4-9,13H,3,10H2,1-2H3. The molecule has 0 aliphatic rings. The van der Waals surface area contributed by atoms with E-state index < -0.39 is 0 Å². The minimum Gasteiger partial charge on any atom is -0.495 e. The predicted octanol–water partition coefficient (Wildman–Crippen LogP) is 2.59. The molecule has 0 saturated carbocycles. The molecule has 0 aliphatic carbocycles. The Kier molecular flexibility index (Phi) is 4.62. The molecule has 0 aliphatic heterocycles. The number of nitrogens with one attached hydrogen (secondary N) is 1. The summed E-state index contributed by atoms with van der Waals surface area (Å²) in [7, 11) is 0. The molecular weight excluding hydrogens is 174 g/mol. The van der Waals surface area contributed by atoms with Crippen LogP contribution in [-0.4, -0.2) is 6.54 Å². The van der Waals surface area contributed by atoms with Gasteiger partial charge in [-0.25, -0.2) is 0 Å². The van der Waals surface area contributed by atoms with Gasteiger partial charge in [-0.2, -0.15) is 0 Å². The molecular formula is C12H17NO. The average Bonchev–Trinajstić information content (AvgIpc) is 2.21. The van der Waals surface area contributed by atoms with Crippen LogP contribution in [0, 0.1) is 6.92 Å². The number of benzene rings is 1. The van der Waals surface area contributed by atoms with Gasteiger partial charge >= 0.3 is 0 Å². The van der Waals surface area contributed by atoms with Gasteiger partial charge in [0.05, 0.1) is 6.26 Å². The van der Waals surface area contributed by atoms with Crippen LogP contribution in [0.4, 0.5) is 0 Å². The van der Waals surface area contributed by atoms with E-state index in [1.165, 1.54) is 11.1 Å². The van der Waals surface area contributed by atoms with Crippen LogP contribution in [0.25, 0.3) is 0 Å². The molecule has 0 atom stereocenters. The fourth-order valence-electron chi connectivity index (χ4n) is 1.04. The van der Waals surface area contributed by atoms with Gasteiger partial charge in [-0.3, -0.25) is 0 Å². The summed E-state index contributed by atoms with van der Waals surface area (Å²) in [5.41, 5.74) is 2.47. The van der Waals surface area contributed by atoms with Crippen LogP contribution >= 0.6 is 0 Å². The first-order valence-electron chi connectivity index (χ1n) is 4.88. The summed E-state index contributed by atoms with van der Waals surface area (Å²) in [5, 5.41) is 3.04. The Morgan fingerprint density at radius 3 is 2.64 bits per heavy atom. The fourth-order valence-corrected chi connectivity index (χ4v) is 1.04. The Morgan fingerprint density at radius 2 is 2.00 bits per heavy atom. The highest BCUT2D eigenvalue weighted by atomic mass is 16.5. The zero-order chi connectivity index (χ0) is 10.2. The monoisotopic (exact) mass is 191 g/mol. The van der Waals surface area contributed by atoms with Crippen molar-refractivity contribution in [1.29, 1.82) is 0 Å². The summed E-state index contributed by atoms with van der Waals surface area (Å²) >= 11 is 0. The van der Waals surface area contributed by atoms with Crippen molar-refractivity contribution < 1.29 is 4.74 Å². The molecule has 2 nitrogen and oxygen atoms in total. The molecule has 1 aromatic carbocycles. The zero-order valence-corrected chi connectivity index (χ0v) is 8.79. The molecule has 0 spiro atoms. The first-order chi connectivity index (χ1) is 6.83. The van der Waals surface area contributed by atoms with E-state index in [1.54, 1.807) is 6.26 Å². The first kappa shape index (κ1) is 10.6. The van der Waals surface area contributed by atoms with Crippen molar-refractivity contribution in [3.05, 3.63) is 47.9 Å². The van der Waals surface area contributed by atoms with Gasteiger partial charge in [-0.1, -0.05) is 29.8 Å². The molecule has 0 saturated heterocycles. The number of hydrogen-bond donors (Lipinski definition) is 1. The largest absolute Gasteiger partial charge is 0.495 e. The number of rotatable bonds is 5. The molecule has 0 bridgehead atoms. The van der Waals surface area contributed by atoms with Crippen molar-refractivity contribution in [2.75, 3.05) is 6.54 Å². The molecule has 14 heavy (non-hydrogen) atoms. The molecule has 0 amide bonds. The lowest BCUT2D eigenvalue weighted by atomic mass is 10.2. The minimum absolute atomic E-state index is 0.627. The van der Waals surface area contributed by atoms with Crippen molar-refractivity contribution in [2.24, 2.45) is 0 Å². The lowest BCUT2D eigenvalue weighted by Gasteiger charge is -2.01. The zero-order valence-electron chi connectivity index (χ0n) is 8.79. The second-order valence-electron chi connectivity index (χ2n) is 3.16. The fraction of sp³-hybridized carbons (Fsp3) is 0.333. The molecule has 0 aromatic heterocycles. The summed E-state index contributed by atoms with van der Waals surface area (Å²) in [6.07, 6.45) is 3.50. The van der Waals surface area contributed by atoms with Crippen LogP contribution in [0.5, 0.6) is 0 Å². The lowest BCUT2D eigenvalue weighted by molar-refractivity contribution is 0.235. The second kappa shape index (κ2) is 6.08. The predicted molar refractivity (Wildman–Crippen MR) is 58.8 cm³/mol. The van der Waals surface area contributed by atoms with Crippen LogP contribution in [-0.2, 0) is 11.3 Å². The summed E-state index contributed by atoms with van der Waals surface area (Å²) in [6, 6.07) is 8.34. The van der Waals surface area contributed by atoms with Crippen molar-refractivity contribution >= 4 is 0 Å². The highest BCUT2D eigenvalue weighted by molar-refractivity contribution is 5.20.